The van der Waals surface area contributed by atoms with Crippen LogP contribution in [0.15, 0.2) is 36.8 Å². The summed E-state index contributed by atoms with van der Waals surface area (Å²) in [5.74, 6) is -0.181. The lowest BCUT2D eigenvalue weighted by Crippen LogP contribution is -2.14. The molecule has 0 unspecified atom stereocenters. The summed E-state index contributed by atoms with van der Waals surface area (Å²) >= 11 is 0. The van der Waals surface area contributed by atoms with Crippen molar-refractivity contribution in [1.82, 2.24) is 25.0 Å². The molecule has 2 aromatic heterocycles. The van der Waals surface area contributed by atoms with Crippen LogP contribution in [0.25, 0.3) is 11.3 Å². The molecule has 1 aliphatic carbocycles. The van der Waals surface area contributed by atoms with E-state index in [1.807, 2.05) is 0 Å². The predicted molar refractivity (Wildman–Crippen MR) is 92.9 cm³/mol. The van der Waals surface area contributed by atoms with Gasteiger partial charge in [-0.1, -0.05) is 5.21 Å². The monoisotopic (exact) mass is 352 g/mol. The van der Waals surface area contributed by atoms with Crippen molar-refractivity contribution in [3.05, 3.63) is 54.0 Å². The van der Waals surface area contributed by atoms with Gasteiger partial charge in [-0.15, -0.1) is 5.10 Å². The van der Waals surface area contributed by atoms with E-state index in [0.29, 0.717) is 22.9 Å². The molecule has 26 heavy (non-hydrogen) atoms. The number of carbonyl (C=O) groups excluding carboxylic acids is 1. The van der Waals surface area contributed by atoms with Gasteiger partial charge in [0, 0.05) is 24.0 Å². The molecule has 0 bridgehead atoms. The van der Waals surface area contributed by atoms with Crippen molar-refractivity contribution < 1.29 is 9.18 Å². The zero-order valence-corrected chi connectivity index (χ0v) is 14.2. The van der Waals surface area contributed by atoms with Crippen LogP contribution in [0.5, 0.6) is 0 Å². The Morgan fingerprint density at radius 2 is 2.15 bits per heavy atom. The Morgan fingerprint density at radius 3 is 2.88 bits per heavy atom. The number of aromatic nitrogens is 5. The molecule has 1 N–H and O–H groups in total. The van der Waals surface area contributed by atoms with Crippen molar-refractivity contribution in [2.24, 2.45) is 5.92 Å². The van der Waals surface area contributed by atoms with Gasteiger partial charge in [-0.05, 0) is 43.9 Å². The molecule has 2 heterocycles. The van der Waals surface area contributed by atoms with Gasteiger partial charge in [0.15, 0.2) is 0 Å². The lowest BCUT2D eigenvalue weighted by molar-refractivity contribution is 0.102. The number of carbonyl (C=O) groups is 1. The molecular formula is C18H17FN6O. The fraction of sp³-hybridized carbons (Fsp3) is 0.278. The van der Waals surface area contributed by atoms with Crippen LogP contribution in [0.2, 0.25) is 0 Å². The van der Waals surface area contributed by atoms with E-state index in [2.05, 4.69) is 25.6 Å². The van der Waals surface area contributed by atoms with Crippen LogP contribution in [0.3, 0.4) is 0 Å². The van der Waals surface area contributed by atoms with Crippen LogP contribution in [-0.2, 0) is 6.54 Å². The molecule has 1 aliphatic rings. The predicted octanol–water partition coefficient (Wildman–Crippen LogP) is 2.84. The van der Waals surface area contributed by atoms with Crippen LogP contribution in [-0.4, -0.2) is 30.9 Å². The minimum absolute atomic E-state index is 0.192. The van der Waals surface area contributed by atoms with Crippen molar-refractivity contribution >= 4 is 11.6 Å². The van der Waals surface area contributed by atoms with Gasteiger partial charge in [0.25, 0.3) is 5.91 Å². The molecule has 1 saturated carbocycles. The van der Waals surface area contributed by atoms with Gasteiger partial charge in [0.1, 0.15) is 17.2 Å². The van der Waals surface area contributed by atoms with E-state index < -0.39 is 11.7 Å². The molecule has 1 amide bonds. The van der Waals surface area contributed by atoms with Crippen molar-refractivity contribution in [2.45, 2.75) is 26.3 Å². The third-order valence-electron chi connectivity index (χ3n) is 4.19. The highest BCUT2D eigenvalue weighted by Gasteiger charge is 2.22. The van der Waals surface area contributed by atoms with Gasteiger partial charge in [-0.25, -0.2) is 9.37 Å². The summed E-state index contributed by atoms with van der Waals surface area (Å²) in [5, 5.41) is 10.8. The molecule has 7 nitrogen and oxygen atoms in total. The van der Waals surface area contributed by atoms with Crippen LogP contribution in [0.1, 0.15) is 29.0 Å². The molecule has 0 atom stereocenters. The minimum Gasteiger partial charge on any atom is -0.321 e. The highest BCUT2D eigenvalue weighted by atomic mass is 19.1. The number of hydrogen-bond donors (Lipinski definition) is 1. The average molecular weight is 352 g/mol. The zero-order chi connectivity index (χ0) is 18.1. The first kappa shape index (κ1) is 16.3. The number of amides is 1. The molecule has 132 valence electrons. The summed E-state index contributed by atoms with van der Waals surface area (Å²) in [6.45, 7) is 2.59. The number of nitrogens with zero attached hydrogens (tertiary/aromatic N) is 5. The third kappa shape index (κ3) is 3.58. The SMILES string of the molecule is Cc1cnc(C(=O)Nc2ccc(F)c(-c3cn(CC4CC4)nn3)c2)cn1. The molecule has 0 aliphatic heterocycles. The standard InChI is InChI=1S/C18H17FN6O/c1-11-7-21-16(8-20-11)18(26)22-13-4-5-15(19)14(6-13)17-10-25(24-23-17)9-12-2-3-12/h4-8,10,12H,2-3,9H2,1H3,(H,22,26). The Hall–Kier alpha value is -3.16. The molecule has 0 saturated heterocycles. The highest BCUT2D eigenvalue weighted by Crippen LogP contribution is 2.31. The third-order valence-corrected chi connectivity index (χ3v) is 4.19. The number of halogens is 1. The maximum Gasteiger partial charge on any atom is 0.275 e. The quantitative estimate of drug-likeness (QED) is 0.763. The summed E-state index contributed by atoms with van der Waals surface area (Å²) in [7, 11) is 0. The number of rotatable bonds is 5. The molecule has 3 aromatic rings. The Kier molecular flexibility index (Phi) is 4.16. The molecule has 8 heteroatoms. The second kappa shape index (κ2) is 6.62. The van der Waals surface area contributed by atoms with Gasteiger partial charge in [-0.2, -0.15) is 0 Å². The molecule has 1 aromatic carbocycles. The van der Waals surface area contributed by atoms with Crippen molar-refractivity contribution in [3.8, 4) is 11.3 Å². The summed E-state index contributed by atoms with van der Waals surface area (Å²) in [6, 6.07) is 4.33. The van der Waals surface area contributed by atoms with Crippen molar-refractivity contribution in [3.63, 3.8) is 0 Å². The Morgan fingerprint density at radius 1 is 1.31 bits per heavy atom. The number of benzene rings is 1. The fourth-order valence-corrected chi connectivity index (χ4v) is 2.58. The van der Waals surface area contributed by atoms with E-state index in [4.69, 9.17) is 0 Å². The van der Waals surface area contributed by atoms with Crippen molar-refractivity contribution in [2.75, 3.05) is 5.32 Å². The van der Waals surface area contributed by atoms with E-state index in [0.717, 1.165) is 12.2 Å². The van der Waals surface area contributed by atoms with Crippen LogP contribution in [0.4, 0.5) is 10.1 Å². The lowest BCUT2D eigenvalue weighted by atomic mass is 10.1. The number of anilines is 1. The van der Waals surface area contributed by atoms with E-state index >= 15 is 0 Å². The molecule has 0 radical (unpaired) electrons. The summed E-state index contributed by atoms with van der Waals surface area (Å²) in [6.07, 6.45) is 7.05. The second-order valence-electron chi connectivity index (χ2n) is 6.46. The van der Waals surface area contributed by atoms with E-state index in [1.165, 1.54) is 37.4 Å². The molecule has 1 fully saturated rings. The number of nitrogens with one attached hydrogen (secondary N) is 1. The second-order valence-corrected chi connectivity index (χ2v) is 6.46. The smallest absolute Gasteiger partial charge is 0.275 e. The van der Waals surface area contributed by atoms with Gasteiger partial charge >= 0.3 is 0 Å². The molecule has 0 spiro atoms. The van der Waals surface area contributed by atoms with Gasteiger partial charge < -0.3 is 5.32 Å². The normalized spacial score (nSPS) is 13.6. The van der Waals surface area contributed by atoms with E-state index in [-0.39, 0.29) is 5.69 Å². The fourth-order valence-electron chi connectivity index (χ4n) is 2.58. The van der Waals surface area contributed by atoms with Crippen LogP contribution in [0, 0.1) is 18.7 Å². The van der Waals surface area contributed by atoms with Gasteiger partial charge in [0.2, 0.25) is 0 Å². The first-order valence-electron chi connectivity index (χ1n) is 8.38. The first-order valence-corrected chi connectivity index (χ1v) is 8.38. The minimum atomic E-state index is -0.420. The van der Waals surface area contributed by atoms with Gasteiger partial charge in [0.05, 0.1) is 18.1 Å². The first-order chi connectivity index (χ1) is 12.6. The van der Waals surface area contributed by atoms with Crippen LogP contribution >= 0.6 is 0 Å². The lowest BCUT2D eigenvalue weighted by Gasteiger charge is -2.07. The van der Waals surface area contributed by atoms with E-state index in [1.54, 1.807) is 23.9 Å². The Bertz CT molecular complexity index is 949. The van der Waals surface area contributed by atoms with Crippen molar-refractivity contribution in [1.29, 1.82) is 0 Å². The van der Waals surface area contributed by atoms with Gasteiger partial charge in [-0.3, -0.25) is 14.5 Å². The summed E-state index contributed by atoms with van der Waals surface area (Å²) in [4.78, 5) is 20.3. The zero-order valence-electron chi connectivity index (χ0n) is 14.2. The van der Waals surface area contributed by atoms with E-state index in [9.17, 15) is 9.18 Å². The topological polar surface area (TPSA) is 85.6 Å². The average Bonchev–Trinajstić information content (AvgIpc) is 3.32. The summed E-state index contributed by atoms with van der Waals surface area (Å²) < 4.78 is 16.0. The molecule has 4 rings (SSSR count). The number of aryl methyl sites for hydroxylation is 1. The number of hydrogen-bond acceptors (Lipinski definition) is 5. The Labute approximate surface area is 149 Å². The summed E-state index contributed by atoms with van der Waals surface area (Å²) in [5.41, 5.74) is 2.09. The molecular weight excluding hydrogens is 335 g/mol. The Balaban J connectivity index is 1.54. The maximum atomic E-state index is 14.2. The van der Waals surface area contributed by atoms with Crippen LogP contribution < -0.4 is 5.32 Å². The largest absolute Gasteiger partial charge is 0.321 e. The highest BCUT2D eigenvalue weighted by molar-refractivity contribution is 6.02. The maximum absolute atomic E-state index is 14.2.